The first kappa shape index (κ1) is 51.6. The van der Waals surface area contributed by atoms with Crippen LogP contribution in [0.1, 0.15) is 66.4 Å². The minimum Gasteiger partial charge on any atom is -0.660 e. The molecule has 298 valence electrons. The van der Waals surface area contributed by atoms with Gasteiger partial charge in [0.2, 0.25) is 11.8 Å². The standard InChI is InChI=1S/C25H41N5O6.C5H10O3.C3H7N2.CH4O.U/c1-14(2)21(28-16(5)6)23(33)30-19(8-7-11-27-25(26)35)22(32)29-18-10-9-17(12-20(18)31)13-36-24(34)15(3)4;6-4-1-5(7)3-8-2-4;4-3-1-5-2-3;1-2;/h9-10,12,14-16,19,21,28,31H,7-8,11,13H2,1-6H3,(H,29,32)(H,30,33)(H3,26,27,35);4-7H,1-3H2;3H,1-2,4H2;2H,1H3;/q;;-1;;. The number of hydrogen-bond acceptors (Lipinski definition) is 12. The zero-order chi connectivity index (χ0) is 39.1. The molecule has 2 aliphatic heterocycles. The molecule has 0 saturated carbocycles. The Balaban J connectivity index is 0. The summed E-state index contributed by atoms with van der Waals surface area (Å²) in [5, 5.41) is 50.0. The molecule has 4 atom stereocenters. The molecule has 2 aliphatic rings. The number of aromatic hydroxyl groups is 1. The molecule has 4 amide bonds. The third-order valence-electron chi connectivity index (χ3n) is 7.13. The van der Waals surface area contributed by atoms with E-state index in [1.165, 1.54) is 12.1 Å². The van der Waals surface area contributed by atoms with Gasteiger partial charge in [-0.3, -0.25) is 14.4 Å². The summed E-state index contributed by atoms with van der Waals surface area (Å²) < 4.78 is 9.95. The fraction of sp³-hybridized carbons (Fsp3) is 0.706. The summed E-state index contributed by atoms with van der Waals surface area (Å²) >= 11 is 0. The number of aliphatic hydroxyl groups is 3. The fourth-order valence-electron chi connectivity index (χ4n) is 4.36. The van der Waals surface area contributed by atoms with Crippen LogP contribution in [0, 0.1) is 42.9 Å². The number of anilines is 1. The Labute approximate surface area is 331 Å². The maximum Gasteiger partial charge on any atom is 0.312 e. The molecule has 4 unspecified atom stereocenters. The number of phenols is 1. The number of hydrogen-bond donors (Lipinski definition) is 10. The predicted molar refractivity (Wildman–Crippen MR) is 194 cm³/mol. The van der Waals surface area contributed by atoms with Crippen molar-refractivity contribution in [1.29, 1.82) is 0 Å². The molecule has 0 aromatic heterocycles. The van der Waals surface area contributed by atoms with E-state index in [-0.39, 0.29) is 91.9 Å². The first-order valence-electron chi connectivity index (χ1n) is 17.2. The van der Waals surface area contributed by atoms with E-state index in [2.05, 4.69) is 26.6 Å². The van der Waals surface area contributed by atoms with Gasteiger partial charge in [0.1, 0.15) is 18.4 Å². The number of urea groups is 1. The number of benzene rings is 1. The molecule has 0 spiro atoms. The number of aliphatic hydroxyl groups excluding tert-OH is 3. The molecule has 3 rings (SSSR count). The second kappa shape index (κ2) is 28.9. The molecule has 2 saturated heterocycles. The van der Waals surface area contributed by atoms with Crippen molar-refractivity contribution in [1.82, 2.24) is 16.0 Å². The van der Waals surface area contributed by atoms with Crippen LogP contribution in [0.3, 0.4) is 0 Å². The van der Waals surface area contributed by atoms with Crippen molar-refractivity contribution in [2.24, 2.45) is 23.3 Å². The molecule has 18 heteroatoms. The van der Waals surface area contributed by atoms with Crippen LogP contribution in [0.25, 0.3) is 5.32 Å². The van der Waals surface area contributed by atoms with Gasteiger partial charge in [0, 0.05) is 57.2 Å². The number of rotatable bonds is 14. The van der Waals surface area contributed by atoms with Crippen molar-refractivity contribution in [3.05, 3.63) is 29.1 Å². The molecular weight excluding hydrogens is 904 g/mol. The van der Waals surface area contributed by atoms with Gasteiger partial charge in [0.05, 0.1) is 43.1 Å². The SMILES string of the molecule is CC(C)NC(C(=O)NC(CCCNC(N)=O)C(=O)Nc1ccc(COC(=O)C(C)C)cc1O)C(C)C.CO.NC1C[N-]C1.OC1COCC(O)C1.[U]. The van der Waals surface area contributed by atoms with Gasteiger partial charge in [-0.25, -0.2) is 4.79 Å². The van der Waals surface area contributed by atoms with E-state index in [0.717, 1.165) is 20.2 Å². The first-order chi connectivity index (χ1) is 24.0. The summed E-state index contributed by atoms with van der Waals surface area (Å²) in [6, 6.07) is 2.87. The van der Waals surface area contributed by atoms with E-state index in [4.69, 9.17) is 36.3 Å². The van der Waals surface area contributed by atoms with Crippen LogP contribution in [-0.4, -0.2) is 121 Å². The summed E-state index contributed by atoms with van der Waals surface area (Å²) in [6.45, 7) is 13.9. The third kappa shape index (κ3) is 23.2. The summed E-state index contributed by atoms with van der Waals surface area (Å²) in [5.74, 6) is -1.70. The molecule has 0 radical (unpaired) electrons. The molecule has 1 aromatic rings. The Kier molecular flexibility index (Phi) is 28.7. The van der Waals surface area contributed by atoms with Crippen LogP contribution < -0.4 is 32.7 Å². The normalized spacial score (nSPS) is 17.6. The molecule has 0 aliphatic carbocycles. The van der Waals surface area contributed by atoms with Gasteiger partial charge in [-0.2, -0.15) is 0 Å². The number of carbonyl (C=O) groups is 4. The average Bonchev–Trinajstić information content (AvgIpc) is 3.04. The summed E-state index contributed by atoms with van der Waals surface area (Å²) in [7, 11) is 1.00. The molecule has 0 bridgehead atoms. The summed E-state index contributed by atoms with van der Waals surface area (Å²) in [6.07, 6.45) is 0.156. The third-order valence-corrected chi connectivity index (χ3v) is 7.13. The van der Waals surface area contributed by atoms with Gasteiger partial charge in [0.15, 0.2) is 0 Å². The Morgan fingerprint density at radius 3 is 1.98 bits per heavy atom. The van der Waals surface area contributed by atoms with Gasteiger partial charge < -0.3 is 68.0 Å². The van der Waals surface area contributed by atoms with Crippen molar-refractivity contribution in [3.8, 4) is 5.75 Å². The van der Waals surface area contributed by atoms with Crippen molar-refractivity contribution in [2.45, 2.75) is 104 Å². The van der Waals surface area contributed by atoms with E-state index in [1.807, 2.05) is 27.7 Å². The molecular formula is C34H62N7O10U-. The van der Waals surface area contributed by atoms with Crippen molar-refractivity contribution in [3.63, 3.8) is 0 Å². The zero-order valence-corrected chi connectivity index (χ0v) is 35.7. The number of nitrogens with zero attached hydrogens (tertiary/aromatic N) is 1. The van der Waals surface area contributed by atoms with E-state index >= 15 is 0 Å². The number of phenolic OH excluding ortho intramolecular Hbond substituents is 1. The second-order valence-electron chi connectivity index (χ2n) is 13.1. The second-order valence-corrected chi connectivity index (χ2v) is 13.1. The predicted octanol–water partition coefficient (Wildman–Crippen LogP) is 0.424. The molecule has 12 N–H and O–H groups in total. The van der Waals surface area contributed by atoms with Crippen LogP contribution in [0.4, 0.5) is 10.5 Å². The summed E-state index contributed by atoms with van der Waals surface area (Å²) in [4.78, 5) is 48.7. The monoisotopic (exact) mass is 967 g/mol. The van der Waals surface area contributed by atoms with E-state index in [9.17, 15) is 24.3 Å². The Hall–Kier alpha value is -2.53. The van der Waals surface area contributed by atoms with Crippen LogP contribution in [0.15, 0.2) is 18.2 Å². The van der Waals surface area contributed by atoms with Gasteiger partial charge in [-0.1, -0.05) is 47.6 Å². The number of primary amides is 1. The smallest absolute Gasteiger partial charge is 0.312 e. The van der Waals surface area contributed by atoms with Gasteiger partial charge in [0.25, 0.3) is 0 Å². The number of nitrogens with one attached hydrogen (secondary N) is 4. The first-order valence-corrected chi connectivity index (χ1v) is 17.2. The molecule has 17 nitrogen and oxygen atoms in total. The van der Waals surface area contributed by atoms with E-state index in [1.54, 1.807) is 19.9 Å². The van der Waals surface area contributed by atoms with Crippen LogP contribution >= 0.6 is 0 Å². The Bertz CT molecular complexity index is 1170. The molecule has 1 aromatic carbocycles. The number of nitrogens with two attached hydrogens (primary N) is 2. The number of carbonyl (C=O) groups excluding carboxylic acids is 4. The van der Waals surface area contributed by atoms with E-state index < -0.39 is 36.2 Å². The molecule has 2 heterocycles. The Morgan fingerprint density at radius 2 is 1.58 bits per heavy atom. The van der Waals surface area contributed by atoms with E-state index in [0.29, 0.717) is 37.7 Å². The maximum atomic E-state index is 13.1. The average molecular weight is 967 g/mol. The minimum absolute atomic E-state index is 0. The Morgan fingerprint density at radius 1 is 1.00 bits per heavy atom. The van der Waals surface area contributed by atoms with Crippen molar-refractivity contribution < 1.29 is 80.2 Å². The summed E-state index contributed by atoms with van der Waals surface area (Å²) in [5.41, 5.74) is 11.1. The van der Waals surface area contributed by atoms with Crippen LogP contribution in [0.2, 0.25) is 0 Å². The molecule has 52 heavy (non-hydrogen) atoms. The number of amides is 4. The van der Waals surface area contributed by atoms with Crippen molar-refractivity contribution in [2.75, 3.05) is 45.3 Å². The fourth-order valence-corrected chi connectivity index (χ4v) is 4.36. The largest absolute Gasteiger partial charge is 0.660 e. The minimum atomic E-state index is -0.923. The van der Waals surface area contributed by atoms with Gasteiger partial charge in [-0.15, -0.1) is 13.1 Å². The molecule has 2 fully saturated rings. The van der Waals surface area contributed by atoms with Gasteiger partial charge in [-0.05, 0) is 42.5 Å². The van der Waals surface area contributed by atoms with Crippen LogP contribution in [0.5, 0.6) is 5.75 Å². The quantitative estimate of drug-likeness (QED) is 0.0691. The van der Waals surface area contributed by atoms with Crippen molar-refractivity contribution >= 4 is 29.5 Å². The number of esters is 1. The van der Waals surface area contributed by atoms with Crippen LogP contribution in [-0.2, 0) is 30.5 Å². The van der Waals surface area contributed by atoms with Gasteiger partial charge >= 0.3 is 12.0 Å². The zero-order valence-electron chi connectivity index (χ0n) is 31.6. The number of ether oxygens (including phenoxy) is 2. The maximum absolute atomic E-state index is 13.1. The topological polar surface area (TPSA) is 282 Å².